The fraction of sp³-hybridized carbons (Fsp3) is 0.182. The van der Waals surface area contributed by atoms with E-state index in [-0.39, 0.29) is 11.6 Å². The number of hydrogen-bond acceptors (Lipinski definition) is 4. The van der Waals surface area contributed by atoms with E-state index in [9.17, 15) is 8.78 Å². The molecule has 0 aliphatic heterocycles. The molecule has 0 aliphatic carbocycles. The van der Waals surface area contributed by atoms with E-state index in [0.29, 0.717) is 24.7 Å². The van der Waals surface area contributed by atoms with E-state index in [1.54, 1.807) is 24.5 Å². The van der Waals surface area contributed by atoms with E-state index in [0.717, 1.165) is 35.4 Å². The summed E-state index contributed by atoms with van der Waals surface area (Å²) in [5, 5.41) is 0. The first-order chi connectivity index (χ1) is 14.6. The minimum atomic E-state index is -0.260. The maximum atomic E-state index is 12.9. The molecular formula is C22H24F2N6. The highest BCUT2D eigenvalue weighted by Crippen LogP contribution is 2.17. The van der Waals surface area contributed by atoms with Crippen LogP contribution in [0.15, 0.2) is 60.9 Å². The Bertz CT molecular complexity index is 987. The van der Waals surface area contributed by atoms with Gasteiger partial charge in [-0.25, -0.2) is 18.7 Å². The third-order valence-electron chi connectivity index (χ3n) is 4.28. The Morgan fingerprint density at radius 2 is 1.13 bits per heavy atom. The van der Waals surface area contributed by atoms with Crippen LogP contribution < -0.4 is 11.5 Å². The maximum Gasteiger partial charge on any atom is 0.137 e. The lowest BCUT2D eigenvalue weighted by Gasteiger charge is -1.96. The number of imidazole rings is 2. The van der Waals surface area contributed by atoms with Gasteiger partial charge in [0.1, 0.15) is 23.3 Å². The van der Waals surface area contributed by atoms with E-state index in [1.807, 2.05) is 12.1 Å². The molecule has 4 aromatic rings. The van der Waals surface area contributed by atoms with Gasteiger partial charge in [-0.15, -0.1) is 0 Å². The highest BCUT2D eigenvalue weighted by molar-refractivity contribution is 5.55. The Balaban J connectivity index is 0.000000171. The number of rotatable bonds is 6. The van der Waals surface area contributed by atoms with Gasteiger partial charge in [-0.2, -0.15) is 0 Å². The fourth-order valence-corrected chi connectivity index (χ4v) is 2.85. The van der Waals surface area contributed by atoms with Gasteiger partial charge >= 0.3 is 0 Å². The third kappa shape index (κ3) is 5.82. The fourth-order valence-electron chi connectivity index (χ4n) is 2.85. The van der Waals surface area contributed by atoms with Gasteiger partial charge in [-0.3, -0.25) is 0 Å². The molecule has 0 aliphatic rings. The van der Waals surface area contributed by atoms with E-state index in [1.165, 1.54) is 24.3 Å². The van der Waals surface area contributed by atoms with Gasteiger partial charge in [0.2, 0.25) is 0 Å². The molecule has 0 radical (unpaired) electrons. The lowest BCUT2D eigenvalue weighted by molar-refractivity contribution is 0.628. The van der Waals surface area contributed by atoms with Gasteiger partial charge in [0.05, 0.1) is 0 Å². The van der Waals surface area contributed by atoms with Crippen LogP contribution in [0.5, 0.6) is 0 Å². The number of nitrogens with two attached hydrogens (primary N) is 2. The molecule has 0 bridgehead atoms. The zero-order chi connectivity index (χ0) is 21.3. The summed E-state index contributed by atoms with van der Waals surface area (Å²) in [7, 11) is 0. The van der Waals surface area contributed by atoms with Gasteiger partial charge in [0.25, 0.3) is 0 Å². The molecule has 6 nitrogen and oxygen atoms in total. The standard InChI is InChI=1S/2C11H12FN3/c2*12-9-3-1-2-8(6-9)11-14-7-10(15-11)4-5-13/h2*1-3,6-7H,4-5,13H2,(H,14,15). The lowest BCUT2D eigenvalue weighted by Crippen LogP contribution is -2.02. The summed E-state index contributed by atoms with van der Waals surface area (Å²) in [5.41, 5.74) is 14.3. The van der Waals surface area contributed by atoms with Gasteiger partial charge < -0.3 is 21.4 Å². The molecule has 4 rings (SSSR count). The zero-order valence-electron chi connectivity index (χ0n) is 16.4. The monoisotopic (exact) mass is 410 g/mol. The Kier molecular flexibility index (Phi) is 7.42. The summed E-state index contributed by atoms with van der Waals surface area (Å²) >= 11 is 0. The first-order valence-electron chi connectivity index (χ1n) is 9.59. The molecule has 6 N–H and O–H groups in total. The second kappa shape index (κ2) is 10.4. The van der Waals surface area contributed by atoms with Gasteiger partial charge in [-0.1, -0.05) is 24.3 Å². The number of halogens is 2. The Morgan fingerprint density at radius 1 is 0.700 bits per heavy atom. The van der Waals surface area contributed by atoms with Crippen molar-refractivity contribution in [3.8, 4) is 22.8 Å². The summed E-state index contributed by atoms with van der Waals surface area (Å²) in [6.45, 7) is 1.15. The van der Waals surface area contributed by atoms with Crippen molar-refractivity contribution in [1.82, 2.24) is 19.9 Å². The summed E-state index contributed by atoms with van der Waals surface area (Å²) in [4.78, 5) is 14.5. The van der Waals surface area contributed by atoms with Gasteiger partial charge in [0, 0.05) is 47.8 Å². The average molecular weight is 410 g/mol. The number of hydrogen-bond donors (Lipinski definition) is 4. The summed E-state index contributed by atoms with van der Waals surface area (Å²) < 4.78 is 25.9. The van der Waals surface area contributed by atoms with Crippen LogP contribution in [-0.2, 0) is 12.8 Å². The van der Waals surface area contributed by atoms with Gasteiger partial charge in [-0.05, 0) is 37.4 Å². The topological polar surface area (TPSA) is 109 Å². The Hall–Kier alpha value is -3.36. The van der Waals surface area contributed by atoms with Crippen molar-refractivity contribution in [1.29, 1.82) is 0 Å². The largest absolute Gasteiger partial charge is 0.342 e. The molecule has 0 fully saturated rings. The highest BCUT2D eigenvalue weighted by atomic mass is 19.1. The molecule has 156 valence electrons. The van der Waals surface area contributed by atoms with Crippen LogP contribution >= 0.6 is 0 Å². The molecule has 2 aromatic carbocycles. The van der Waals surface area contributed by atoms with Crippen molar-refractivity contribution in [2.75, 3.05) is 13.1 Å². The number of aromatic nitrogens is 4. The van der Waals surface area contributed by atoms with Crippen molar-refractivity contribution in [3.63, 3.8) is 0 Å². The average Bonchev–Trinajstić information content (AvgIpc) is 3.39. The van der Waals surface area contributed by atoms with Crippen molar-refractivity contribution in [2.24, 2.45) is 11.5 Å². The summed E-state index contributed by atoms with van der Waals surface area (Å²) in [6.07, 6.45) is 4.96. The normalized spacial score (nSPS) is 10.5. The number of aromatic amines is 2. The minimum Gasteiger partial charge on any atom is -0.342 e. The first kappa shape index (κ1) is 21.4. The quantitative estimate of drug-likeness (QED) is 0.390. The second-order valence-electron chi connectivity index (χ2n) is 6.61. The predicted molar refractivity (Wildman–Crippen MR) is 113 cm³/mol. The van der Waals surface area contributed by atoms with Crippen molar-refractivity contribution < 1.29 is 8.78 Å². The third-order valence-corrected chi connectivity index (χ3v) is 4.28. The van der Waals surface area contributed by atoms with Crippen LogP contribution in [0.4, 0.5) is 8.78 Å². The smallest absolute Gasteiger partial charge is 0.137 e. The number of H-pyrrole nitrogens is 2. The van der Waals surface area contributed by atoms with Crippen LogP contribution in [0.25, 0.3) is 22.8 Å². The number of nitrogens with zero attached hydrogens (tertiary/aromatic N) is 2. The van der Waals surface area contributed by atoms with Crippen LogP contribution in [0.3, 0.4) is 0 Å². The molecule has 0 spiro atoms. The van der Waals surface area contributed by atoms with E-state index < -0.39 is 0 Å². The lowest BCUT2D eigenvalue weighted by atomic mass is 10.2. The van der Waals surface area contributed by atoms with Crippen LogP contribution in [-0.4, -0.2) is 33.0 Å². The Labute approximate surface area is 173 Å². The molecular weight excluding hydrogens is 386 g/mol. The van der Waals surface area contributed by atoms with Crippen LogP contribution in [0.2, 0.25) is 0 Å². The second-order valence-corrected chi connectivity index (χ2v) is 6.61. The van der Waals surface area contributed by atoms with Gasteiger partial charge in [0.15, 0.2) is 0 Å². The molecule has 8 heteroatoms. The molecule has 30 heavy (non-hydrogen) atoms. The SMILES string of the molecule is NCCc1cnc(-c2cccc(F)c2)[nH]1.NCCc1cnc(-c2cccc(F)c2)[nH]1. The first-order valence-corrected chi connectivity index (χ1v) is 9.59. The van der Waals surface area contributed by atoms with Crippen LogP contribution in [0.1, 0.15) is 11.4 Å². The zero-order valence-corrected chi connectivity index (χ0v) is 16.4. The molecule has 0 saturated carbocycles. The number of nitrogens with one attached hydrogen (secondary N) is 2. The minimum absolute atomic E-state index is 0.260. The molecule has 2 heterocycles. The molecule has 0 amide bonds. The summed E-state index contributed by atoms with van der Waals surface area (Å²) in [6, 6.07) is 12.7. The molecule has 0 saturated heterocycles. The van der Waals surface area contributed by atoms with Crippen LogP contribution in [0, 0.1) is 11.6 Å². The van der Waals surface area contributed by atoms with E-state index in [4.69, 9.17) is 11.5 Å². The molecule has 0 unspecified atom stereocenters. The van der Waals surface area contributed by atoms with E-state index in [2.05, 4.69) is 19.9 Å². The predicted octanol–water partition coefficient (Wildman–Crippen LogP) is 3.43. The van der Waals surface area contributed by atoms with Crippen molar-refractivity contribution in [2.45, 2.75) is 12.8 Å². The maximum absolute atomic E-state index is 12.9. The summed E-state index contributed by atoms with van der Waals surface area (Å²) in [5.74, 6) is 0.837. The van der Waals surface area contributed by atoms with E-state index >= 15 is 0 Å². The van der Waals surface area contributed by atoms with Crippen molar-refractivity contribution >= 4 is 0 Å². The Morgan fingerprint density at radius 3 is 1.50 bits per heavy atom. The molecule has 2 aromatic heterocycles. The molecule has 0 atom stereocenters. The number of benzene rings is 2. The van der Waals surface area contributed by atoms with Crippen molar-refractivity contribution in [3.05, 3.63) is 83.9 Å². The highest BCUT2D eigenvalue weighted by Gasteiger charge is 2.04.